The molecule has 0 amide bonds. The zero-order chi connectivity index (χ0) is 23.2. The lowest BCUT2D eigenvalue weighted by Crippen LogP contribution is -2.29. The molecule has 2 aromatic heterocycles. The maximum Gasteiger partial charge on any atom is 0.190 e. The van der Waals surface area contributed by atoms with E-state index in [4.69, 9.17) is 5.73 Å². The number of tetrazole rings is 1. The number of pyridine rings is 1. The predicted molar refractivity (Wildman–Crippen MR) is 118 cm³/mol. The number of halogens is 2. The number of benzene rings is 1. The summed E-state index contributed by atoms with van der Waals surface area (Å²) in [5.41, 5.74) is 8.06. The maximum atomic E-state index is 14.4. The van der Waals surface area contributed by atoms with E-state index >= 15 is 0 Å². The Kier molecular flexibility index (Phi) is 3.92. The van der Waals surface area contributed by atoms with Gasteiger partial charge in [-0.05, 0) is 60.9 Å². The van der Waals surface area contributed by atoms with E-state index in [1.54, 1.807) is 12.3 Å². The molecule has 0 bridgehead atoms. The lowest BCUT2D eigenvalue weighted by molar-refractivity contribution is 0.377. The normalized spacial score (nSPS) is 32.8. The topological polar surface area (TPSA) is 110 Å². The van der Waals surface area contributed by atoms with Gasteiger partial charge in [-0.3, -0.25) is 4.90 Å². The summed E-state index contributed by atoms with van der Waals surface area (Å²) in [6.45, 7) is 2.36. The van der Waals surface area contributed by atoms with Crippen LogP contribution in [0.2, 0.25) is 0 Å². The minimum Gasteiger partial charge on any atom is -0.383 e. The van der Waals surface area contributed by atoms with Gasteiger partial charge in [0.05, 0.1) is 17.3 Å². The van der Waals surface area contributed by atoms with Crippen LogP contribution in [0.3, 0.4) is 0 Å². The molecular weight excluding hydrogens is 440 g/mol. The molecule has 34 heavy (non-hydrogen) atoms. The number of hydrogen-bond acceptors (Lipinski definition) is 8. The Morgan fingerprint density at radius 3 is 2.91 bits per heavy atom. The lowest BCUT2D eigenvalue weighted by atomic mass is 9.83. The van der Waals surface area contributed by atoms with E-state index in [9.17, 15) is 8.78 Å². The van der Waals surface area contributed by atoms with E-state index in [-0.39, 0.29) is 28.9 Å². The second-order valence-electron chi connectivity index (χ2n) is 9.62. The van der Waals surface area contributed by atoms with Crippen molar-refractivity contribution in [3.63, 3.8) is 0 Å². The minimum absolute atomic E-state index is 0.0308. The molecule has 0 spiro atoms. The van der Waals surface area contributed by atoms with E-state index in [0.29, 0.717) is 34.8 Å². The molecule has 0 saturated carbocycles. The number of nitrogen functional groups attached to an aromatic ring is 1. The van der Waals surface area contributed by atoms with Gasteiger partial charge in [-0.2, -0.15) is 14.9 Å². The number of rotatable bonds is 4. The predicted octanol–water partition coefficient (Wildman–Crippen LogP) is 3.39. The molecule has 172 valence electrons. The van der Waals surface area contributed by atoms with E-state index < -0.39 is 11.6 Å². The zero-order valence-electron chi connectivity index (χ0n) is 18.3. The molecule has 0 aliphatic carbocycles. The van der Waals surface area contributed by atoms with Crippen molar-refractivity contribution in [3.05, 3.63) is 53.7 Å². The Balaban J connectivity index is 1.23. The average molecular weight is 461 g/mol. The highest BCUT2D eigenvalue weighted by molar-refractivity contribution is 5.76. The molecule has 3 saturated heterocycles. The van der Waals surface area contributed by atoms with Crippen molar-refractivity contribution in [3.8, 4) is 17.1 Å². The van der Waals surface area contributed by atoms with Crippen LogP contribution in [-0.2, 0) is 0 Å². The van der Waals surface area contributed by atoms with Gasteiger partial charge in [0, 0.05) is 35.3 Å². The first-order chi connectivity index (χ1) is 16.5. The molecule has 7 rings (SSSR count). The third kappa shape index (κ3) is 2.55. The first-order valence-electron chi connectivity index (χ1n) is 11.4. The molecule has 6 atom stereocenters. The lowest BCUT2D eigenvalue weighted by Gasteiger charge is -2.20. The standard InChI is InChI=1S/C23H21F2N9/c1-23-14(8-12-5-6-19(23)33(12)23)17-9-16(28-29-17)11-7-13(21(26)27-10-11)22-30-31-32-34(22)18-4-2-3-15(24)20(18)25/h2-4,7,9-10,12,14,17,19H,5-6,8H2,1H3,(H2,26,27). The average Bonchev–Trinajstić information content (AvgIpc) is 3.41. The van der Waals surface area contributed by atoms with Crippen LogP contribution in [-0.4, -0.2) is 53.8 Å². The highest BCUT2D eigenvalue weighted by Crippen LogP contribution is 2.64. The smallest absolute Gasteiger partial charge is 0.190 e. The van der Waals surface area contributed by atoms with E-state index in [2.05, 4.69) is 48.6 Å². The largest absolute Gasteiger partial charge is 0.383 e. The molecule has 6 unspecified atom stereocenters. The fraction of sp³-hybridized carbons (Fsp3) is 0.391. The van der Waals surface area contributed by atoms with Crippen molar-refractivity contribution < 1.29 is 8.78 Å². The summed E-state index contributed by atoms with van der Waals surface area (Å²) in [4.78, 5) is 6.96. The Labute approximate surface area is 193 Å². The number of nitrogens with two attached hydrogens (primary N) is 1. The molecule has 4 aliphatic heterocycles. The van der Waals surface area contributed by atoms with Gasteiger partial charge in [0.1, 0.15) is 11.5 Å². The van der Waals surface area contributed by atoms with E-state index in [1.807, 2.05) is 0 Å². The summed E-state index contributed by atoms with van der Waals surface area (Å²) >= 11 is 0. The first kappa shape index (κ1) is 19.8. The van der Waals surface area contributed by atoms with Crippen LogP contribution in [0.5, 0.6) is 0 Å². The van der Waals surface area contributed by atoms with Gasteiger partial charge in [0.2, 0.25) is 0 Å². The Morgan fingerprint density at radius 2 is 2.09 bits per heavy atom. The Hall–Kier alpha value is -3.60. The molecular formula is C23H21F2N9. The zero-order valence-corrected chi connectivity index (χ0v) is 18.3. The third-order valence-electron chi connectivity index (χ3n) is 8.07. The second-order valence-corrected chi connectivity index (χ2v) is 9.62. The van der Waals surface area contributed by atoms with E-state index in [1.165, 1.54) is 25.0 Å². The van der Waals surface area contributed by atoms with Gasteiger partial charge in [0.15, 0.2) is 17.5 Å². The fourth-order valence-electron chi connectivity index (χ4n) is 6.43. The van der Waals surface area contributed by atoms with Gasteiger partial charge >= 0.3 is 0 Å². The number of azo groups is 1. The molecule has 1 aromatic carbocycles. The summed E-state index contributed by atoms with van der Waals surface area (Å²) in [5.74, 6) is -1.28. The second kappa shape index (κ2) is 6.72. The van der Waals surface area contributed by atoms with Crippen LogP contribution in [0.4, 0.5) is 14.6 Å². The number of anilines is 1. The van der Waals surface area contributed by atoms with Crippen LogP contribution in [0, 0.1) is 17.6 Å². The Bertz CT molecular complexity index is 1400. The number of fused-ring (bicyclic) bond motifs is 1. The number of piperidine rings is 2. The van der Waals surface area contributed by atoms with Crippen molar-refractivity contribution in [2.75, 3.05) is 5.73 Å². The van der Waals surface area contributed by atoms with Crippen molar-refractivity contribution in [1.82, 2.24) is 30.1 Å². The Morgan fingerprint density at radius 1 is 1.21 bits per heavy atom. The SMILES string of the molecule is CC12C(C3C=C(c4cnc(N)c(-c5nnnn5-c5cccc(F)c5F)c4)N=N3)CC3CCC1N32. The van der Waals surface area contributed by atoms with Gasteiger partial charge in [0.25, 0.3) is 0 Å². The van der Waals surface area contributed by atoms with Crippen molar-refractivity contribution in [2.45, 2.75) is 49.9 Å². The van der Waals surface area contributed by atoms with Crippen LogP contribution in [0.1, 0.15) is 31.7 Å². The van der Waals surface area contributed by atoms with Gasteiger partial charge in [-0.1, -0.05) is 6.07 Å². The summed E-state index contributed by atoms with van der Waals surface area (Å²) in [6.07, 6.45) is 7.45. The van der Waals surface area contributed by atoms with Crippen LogP contribution >= 0.6 is 0 Å². The maximum absolute atomic E-state index is 14.4. The monoisotopic (exact) mass is 461 g/mol. The molecule has 2 N–H and O–H groups in total. The quantitative estimate of drug-likeness (QED) is 0.597. The van der Waals surface area contributed by atoms with Gasteiger partial charge < -0.3 is 5.73 Å². The molecule has 6 heterocycles. The number of nitrogens with zero attached hydrogens (tertiary/aromatic N) is 8. The van der Waals surface area contributed by atoms with Gasteiger partial charge in [-0.15, -0.1) is 5.10 Å². The molecule has 3 fully saturated rings. The highest BCUT2D eigenvalue weighted by Gasteiger charge is 2.73. The molecule has 11 heteroatoms. The minimum atomic E-state index is -1.05. The van der Waals surface area contributed by atoms with Crippen LogP contribution < -0.4 is 5.73 Å². The van der Waals surface area contributed by atoms with Crippen LogP contribution in [0.25, 0.3) is 22.8 Å². The van der Waals surface area contributed by atoms with E-state index in [0.717, 1.165) is 17.2 Å². The number of aromatic nitrogens is 5. The molecule has 0 radical (unpaired) electrons. The van der Waals surface area contributed by atoms with Crippen molar-refractivity contribution >= 4 is 11.5 Å². The third-order valence-corrected chi connectivity index (χ3v) is 8.07. The molecule has 3 aromatic rings. The summed E-state index contributed by atoms with van der Waals surface area (Å²) in [7, 11) is 0. The fourth-order valence-corrected chi connectivity index (χ4v) is 6.43. The van der Waals surface area contributed by atoms with Gasteiger partial charge in [-0.25, -0.2) is 13.8 Å². The molecule has 9 nitrogen and oxygen atoms in total. The summed E-state index contributed by atoms with van der Waals surface area (Å²) in [6, 6.07) is 6.97. The van der Waals surface area contributed by atoms with Crippen LogP contribution in [0.15, 0.2) is 46.8 Å². The molecule has 4 aliphatic rings. The summed E-state index contributed by atoms with van der Waals surface area (Å²) < 4.78 is 29.3. The van der Waals surface area contributed by atoms with Crippen molar-refractivity contribution in [1.29, 1.82) is 0 Å². The number of hydrogen-bond donors (Lipinski definition) is 1. The van der Waals surface area contributed by atoms with Crippen molar-refractivity contribution in [2.24, 2.45) is 16.1 Å². The summed E-state index contributed by atoms with van der Waals surface area (Å²) in [5, 5.41) is 20.6. The first-order valence-corrected chi connectivity index (χ1v) is 11.4. The highest BCUT2D eigenvalue weighted by atomic mass is 19.2.